The van der Waals surface area contributed by atoms with Crippen LogP contribution in [0.2, 0.25) is 0 Å². The van der Waals surface area contributed by atoms with Crippen molar-refractivity contribution < 1.29 is 14.3 Å². The maximum absolute atomic E-state index is 9.96. The molecule has 1 aromatic carbocycles. The summed E-state index contributed by atoms with van der Waals surface area (Å²) in [6, 6.07) is 6.95. The van der Waals surface area contributed by atoms with Crippen molar-refractivity contribution in [3.63, 3.8) is 0 Å². The third-order valence-corrected chi connectivity index (χ3v) is 1.24. The molecule has 0 spiro atoms. The summed E-state index contributed by atoms with van der Waals surface area (Å²) in [5.74, 6) is 0.990. The minimum atomic E-state index is 0.373. The van der Waals surface area contributed by atoms with Gasteiger partial charge >= 0.3 is 0 Å². The number of ether oxygens (including phenoxy) is 2. The van der Waals surface area contributed by atoms with Crippen LogP contribution in [0.3, 0.4) is 0 Å². The van der Waals surface area contributed by atoms with Crippen LogP contribution < -0.4 is 9.47 Å². The van der Waals surface area contributed by atoms with Crippen molar-refractivity contribution in [2.24, 2.45) is 0 Å². The number of carbonyl (C=O) groups is 1. The Morgan fingerprint density at radius 2 is 1.91 bits per heavy atom. The van der Waals surface area contributed by atoms with Crippen molar-refractivity contribution in [2.75, 3.05) is 7.11 Å². The van der Waals surface area contributed by atoms with Gasteiger partial charge in [-0.15, -0.1) is 0 Å². The topological polar surface area (TPSA) is 35.5 Å². The summed E-state index contributed by atoms with van der Waals surface area (Å²) in [7, 11) is 1.52. The molecule has 3 heteroatoms. The van der Waals surface area contributed by atoms with Gasteiger partial charge in [0.25, 0.3) is 6.47 Å². The standard InChI is InChI=1S/C8H8O3/c1-10-7-4-2-3-5-8(7)11-6-9/h2-6H,1H3. The van der Waals surface area contributed by atoms with Gasteiger partial charge in [-0.3, -0.25) is 4.79 Å². The first-order valence-electron chi connectivity index (χ1n) is 3.12. The molecule has 1 aromatic rings. The summed E-state index contributed by atoms with van der Waals surface area (Å²) in [6.45, 7) is 0.373. The number of methoxy groups -OCH3 is 1. The van der Waals surface area contributed by atoms with Crippen LogP contribution in [0, 0.1) is 0 Å². The Hall–Kier alpha value is -1.51. The zero-order valence-electron chi connectivity index (χ0n) is 6.11. The van der Waals surface area contributed by atoms with Gasteiger partial charge in [0.05, 0.1) is 7.11 Å². The van der Waals surface area contributed by atoms with E-state index >= 15 is 0 Å². The highest BCUT2D eigenvalue weighted by Crippen LogP contribution is 2.24. The number of rotatable bonds is 3. The molecular formula is C8H8O3. The van der Waals surface area contributed by atoms with E-state index in [1.165, 1.54) is 7.11 Å². The van der Waals surface area contributed by atoms with Gasteiger partial charge in [-0.1, -0.05) is 12.1 Å². The fraction of sp³-hybridized carbons (Fsp3) is 0.125. The Bertz CT molecular complexity index is 245. The summed E-state index contributed by atoms with van der Waals surface area (Å²) in [5, 5.41) is 0. The number of para-hydroxylation sites is 2. The third kappa shape index (κ3) is 1.70. The Labute approximate surface area is 64.5 Å². The summed E-state index contributed by atoms with van der Waals surface area (Å²) in [6.07, 6.45) is 0. The number of carbonyl (C=O) groups excluding carboxylic acids is 1. The Balaban J connectivity index is 2.92. The van der Waals surface area contributed by atoms with Crippen molar-refractivity contribution in [2.45, 2.75) is 0 Å². The molecule has 0 radical (unpaired) electrons. The van der Waals surface area contributed by atoms with Crippen molar-refractivity contribution >= 4 is 6.47 Å². The molecule has 0 heterocycles. The molecule has 0 aliphatic carbocycles. The number of benzene rings is 1. The van der Waals surface area contributed by atoms with Gasteiger partial charge in [0.15, 0.2) is 11.5 Å². The number of hydrogen-bond acceptors (Lipinski definition) is 3. The molecule has 0 aliphatic rings. The molecule has 0 unspecified atom stereocenters. The van der Waals surface area contributed by atoms with Crippen LogP contribution in [0.5, 0.6) is 11.5 Å². The van der Waals surface area contributed by atoms with E-state index in [2.05, 4.69) is 4.74 Å². The van der Waals surface area contributed by atoms with Gasteiger partial charge in [0, 0.05) is 0 Å². The second-order valence-corrected chi connectivity index (χ2v) is 1.86. The van der Waals surface area contributed by atoms with Crippen LogP contribution in [-0.2, 0) is 4.79 Å². The van der Waals surface area contributed by atoms with E-state index in [1.54, 1.807) is 24.3 Å². The summed E-state index contributed by atoms with van der Waals surface area (Å²) >= 11 is 0. The molecule has 0 bridgehead atoms. The van der Waals surface area contributed by atoms with Crippen molar-refractivity contribution in [3.05, 3.63) is 24.3 Å². The molecule has 0 fully saturated rings. The minimum absolute atomic E-state index is 0.373. The van der Waals surface area contributed by atoms with E-state index in [9.17, 15) is 4.79 Å². The highest BCUT2D eigenvalue weighted by atomic mass is 16.5. The molecule has 0 saturated carbocycles. The number of hydrogen-bond donors (Lipinski definition) is 0. The molecule has 0 atom stereocenters. The average molecular weight is 152 g/mol. The SMILES string of the molecule is COc1ccccc1OC=O. The molecule has 0 aliphatic heterocycles. The van der Waals surface area contributed by atoms with E-state index < -0.39 is 0 Å². The molecule has 0 saturated heterocycles. The van der Waals surface area contributed by atoms with Gasteiger partial charge in [-0.25, -0.2) is 0 Å². The van der Waals surface area contributed by atoms with E-state index in [0.29, 0.717) is 18.0 Å². The predicted molar refractivity (Wildman–Crippen MR) is 39.7 cm³/mol. The molecule has 3 nitrogen and oxygen atoms in total. The van der Waals surface area contributed by atoms with Crippen LogP contribution in [0.4, 0.5) is 0 Å². The van der Waals surface area contributed by atoms with Crippen LogP contribution >= 0.6 is 0 Å². The fourth-order valence-electron chi connectivity index (χ4n) is 0.768. The monoisotopic (exact) mass is 152 g/mol. The second-order valence-electron chi connectivity index (χ2n) is 1.86. The fourth-order valence-corrected chi connectivity index (χ4v) is 0.768. The molecule has 58 valence electrons. The lowest BCUT2D eigenvalue weighted by Crippen LogP contribution is -1.92. The lowest BCUT2D eigenvalue weighted by atomic mass is 10.3. The van der Waals surface area contributed by atoms with Crippen molar-refractivity contribution in [1.82, 2.24) is 0 Å². The van der Waals surface area contributed by atoms with E-state index in [0.717, 1.165) is 0 Å². The van der Waals surface area contributed by atoms with Crippen molar-refractivity contribution in [3.8, 4) is 11.5 Å². The molecule has 11 heavy (non-hydrogen) atoms. The largest absolute Gasteiger partial charge is 0.493 e. The maximum atomic E-state index is 9.96. The van der Waals surface area contributed by atoms with E-state index in [4.69, 9.17) is 4.74 Å². The van der Waals surface area contributed by atoms with Gasteiger partial charge in [-0.2, -0.15) is 0 Å². The first kappa shape index (κ1) is 7.60. The summed E-state index contributed by atoms with van der Waals surface area (Å²) < 4.78 is 9.54. The lowest BCUT2D eigenvalue weighted by Gasteiger charge is -2.03. The highest BCUT2D eigenvalue weighted by Gasteiger charge is 1.99. The normalized spacial score (nSPS) is 8.82. The minimum Gasteiger partial charge on any atom is -0.493 e. The van der Waals surface area contributed by atoms with E-state index in [-0.39, 0.29) is 0 Å². The maximum Gasteiger partial charge on any atom is 0.298 e. The Kier molecular flexibility index (Phi) is 2.49. The third-order valence-electron chi connectivity index (χ3n) is 1.24. The summed E-state index contributed by atoms with van der Waals surface area (Å²) in [5.41, 5.74) is 0. The van der Waals surface area contributed by atoms with Crippen LogP contribution in [0.25, 0.3) is 0 Å². The van der Waals surface area contributed by atoms with Gasteiger partial charge in [0.2, 0.25) is 0 Å². The Morgan fingerprint density at radius 1 is 1.27 bits per heavy atom. The van der Waals surface area contributed by atoms with Gasteiger partial charge in [-0.05, 0) is 12.1 Å². The molecule has 0 aromatic heterocycles. The van der Waals surface area contributed by atoms with Crippen LogP contribution in [-0.4, -0.2) is 13.6 Å². The highest BCUT2D eigenvalue weighted by molar-refractivity contribution is 5.50. The molecule has 0 N–H and O–H groups in total. The molecule has 1 rings (SSSR count). The van der Waals surface area contributed by atoms with Gasteiger partial charge in [0.1, 0.15) is 0 Å². The van der Waals surface area contributed by atoms with Crippen molar-refractivity contribution in [1.29, 1.82) is 0 Å². The predicted octanol–water partition coefficient (Wildman–Crippen LogP) is 1.23. The van der Waals surface area contributed by atoms with Crippen LogP contribution in [0.1, 0.15) is 0 Å². The zero-order valence-corrected chi connectivity index (χ0v) is 6.11. The Morgan fingerprint density at radius 3 is 2.45 bits per heavy atom. The molecule has 0 amide bonds. The smallest absolute Gasteiger partial charge is 0.298 e. The first-order chi connectivity index (χ1) is 5.38. The summed E-state index contributed by atoms with van der Waals surface area (Å²) in [4.78, 5) is 9.96. The zero-order chi connectivity index (χ0) is 8.10. The molecular weight excluding hydrogens is 144 g/mol. The first-order valence-corrected chi connectivity index (χ1v) is 3.12. The second kappa shape index (κ2) is 3.61. The van der Waals surface area contributed by atoms with E-state index in [1.807, 2.05) is 0 Å². The average Bonchev–Trinajstić information content (AvgIpc) is 2.06. The lowest BCUT2D eigenvalue weighted by molar-refractivity contribution is -0.120. The van der Waals surface area contributed by atoms with Gasteiger partial charge < -0.3 is 9.47 Å². The van der Waals surface area contributed by atoms with Crippen LogP contribution in [0.15, 0.2) is 24.3 Å². The quantitative estimate of drug-likeness (QED) is 0.611.